The molecule has 2 aromatic heterocycles. The van der Waals surface area contributed by atoms with Crippen LogP contribution in [0.4, 0.5) is 0 Å². The second-order valence-electron chi connectivity index (χ2n) is 6.63. The Labute approximate surface area is 142 Å². The minimum absolute atomic E-state index is 0.0984. The summed E-state index contributed by atoms with van der Waals surface area (Å²) in [5.74, 6) is 1.34. The van der Waals surface area contributed by atoms with Gasteiger partial charge in [-0.25, -0.2) is 0 Å². The third-order valence-electron chi connectivity index (χ3n) is 3.91. The Kier molecular flexibility index (Phi) is 6.41. The predicted molar refractivity (Wildman–Crippen MR) is 94.1 cm³/mol. The highest BCUT2D eigenvalue weighted by atomic mass is 16.4. The lowest BCUT2D eigenvalue weighted by molar-refractivity contribution is 0.0907. The van der Waals surface area contributed by atoms with E-state index in [0.717, 1.165) is 19.3 Å². The first-order chi connectivity index (χ1) is 11.5. The number of amides is 1. The zero-order valence-corrected chi connectivity index (χ0v) is 14.6. The standard InChI is InChI=1S/C19H26N2O3/c1-14(2)7-6-8-15(3)20-19(23)17-11-10-16(24-17)13-21-12-5-4-9-18(21)22/h4-5,9-12,14-15H,6-8,13H2,1-3H3,(H,20,23). The molecule has 24 heavy (non-hydrogen) atoms. The maximum atomic E-state index is 12.2. The minimum Gasteiger partial charge on any atom is -0.454 e. The van der Waals surface area contributed by atoms with Crippen LogP contribution in [0.5, 0.6) is 0 Å². The summed E-state index contributed by atoms with van der Waals surface area (Å²) in [4.78, 5) is 23.9. The molecule has 5 nitrogen and oxygen atoms in total. The van der Waals surface area contributed by atoms with E-state index in [1.165, 1.54) is 10.6 Å². The Balaban J connectivity index is 1.89. The predicted octanol–water partition coefficient (Wildman–Crippen LogP) is 3.43. The van der Waals surface area contributed by atoms with E-state index in [9.17, 15) is 9.59 Å². The summed E-state index contributed by atoms with van der Waals surface area (Å²) in [6, 6.07) is 8.48. The molecule has 2 heterocycles. The van der Waals surface area contributed by atoms with Crippen molar-refractivity contribution in [2.24, 2.45) is 5.92 Å². The van der Waals surface area contributed by atoms with Gasteiger partial charge in [-0.2, -0.15) is 0 Å². The molecule has 1 N–H and O–H groups in total. The molecule has 0 aliphatic heterocycles. The highest BCUT2D eigenvalue weighted by Crippen LogP contribution is 2.11. The Morgan fingerprint density at radius 3 is 2.67 bits per heavy atom. The Hall–Kier alpha value is -2.30. The van der Waals surface area contributed by atoms with Crippen molar-refractivity contribution in [2.45, 2.75) is 52.6 Å². The second kappa shape index (κ2) is 8.52. The van der Waals surface area contributed by atoms with E-state index in [2.05, 4.69) is 19.2 Å². The van der Waals surface area contributed by atoms with Crippen LogP contribution in [0.1, 0.15) is 56.3 Å². The molecule has 130 valence electrons. The van der Waals surface area contributed by atoms with Gasteiger partial charge >= 0.3 is 0 Å². The SMILES string of the molecule is CC(C)CCCC(C)NC(=O)c1ccc(Cn2ccccc2=O)o1. The minimum atomic E-state index is -0.210. The van der Waals surface area contributed by atoms with Crippen molar-refractivity contribution < 1.29 is 9.21 Å². The molecule has 0 fully saturated rings. The van der Waals surface area contributed by atoms with E-state index in [1.54, 1.807) is 30.5 Å². The topological polar surface area (TPSA) is 64.2 Å². The quantitative estimate of drug-likeness (QED) is 0.806. The molecule has 2 rings (SSSR count). The summed E-state index contributed by atoms with van der Waals surface area (Å²) in [6.45, 7) is 6.72. The summed E-state index contributed by atoms with van der Waals surface area (Å²) in [5, 5.41) is 2.96. The summed E-state index contributed by atoms with van der Waals surface area (Å²) < 4.78 is 7.11. The maximum Gasteiger partial charge on any atom is 0.287 e. The van der Waals surface area contributed by atoms with Gasteiger partial charge in [-0.05, 0) is 37.5 Å². The summed E-state index contributed by atoms with van der Waals surface area (Å²) in [6.07, 6.45) is 4.91. The van der Waals surface area contributed by atoms with Crippen molar-refractivity contribution in [1.82, 2.24) is 9.88 Å². The molecule has 0 aromatic carbocycles. The molecule has 1 atom stereocenters. The molecule has 0 aliphatic carbocycles. The van der Waals surface area contributed by atoms with Crippen LogP contribution in [0, 0.1) is 5.92 Å². The number of nitrogens with one attached hydrogen (secondary N) is 1. The maximum absolute atomic E-state index is 12.2. The largest absolute Gasteiger partial charge is 0.454 e. The van der Waals surface area contributed by atoms with Crippen LogP contribution in [0.15, 0.2) is 45.7 Å². The van der Waals surface area contributed by atoms with Gasteiger partial charge in [-0.1, -0.05) is 32.8 Å². The molecule has 0 aliphatic rings. The Bertz CT molecular complexity index is 715. The summed E-state index contributed by atoms with van der Waals surface area (Å²) >= 11 is 0. The van der Waals surface area contributed by atoms with Gasteiger partial charge in [0, 0.05) is 18.3 Å². The molecule has 2 aromatic rings. The van der Waals surface area contributed by atoms with Crippen molar-refractivity contribution in [2.75, 3.05) is 0 Å². The van der Waals surface area contributed by atoms with Crippen LogP contribution in [0.25, 0.3) is 0 Å². The average molecular weight is 330 g/mol. The fraction of sp³-hybridized carbons (Fsp3) is 0.474. The van der Waals surface area contributed by atoms with Crippen molar-refractivity contribution in [3.05, 3.63) is 58.4 Å². The van der Waals surface area contributed by atoms with E-state index in [4.69, 9.17) is 4.42 Å². The second-order valence-corrected chi connectivity index (χ2v) is 6.63. The van der Waals surface area contributed by atoms with Crippen LogP contribution >= 0.6 is 0 Å². The van der Waals surface area contributed by atoms with Gasteiger partial charge in [0.05, 0.1) is 6.54 Å². The van der Waals surface area contributed by atoms with Gasteiger partial charge < -0.3 is 14.3 Å². The van der Waals surface area contributed by atoms with Gasteiger partial charge in [-0.15, -0.1) is 0 Å². The van der Waals surface area contributed by atoms with Crippen molar-refractivity contribution in [3.8, 4) is 0 Å². The molecular formula is C19H26N2O3. The van der Waals surface area contributed by atoms with Crippen LogP contribution in [-0.4, -0.2) is 16.5 Å². The van der Waals surface area contributed by atoms with Gasteiger partial charge in [-0.3, -0.25) is 9.59 Å². The third-order valence-corrected chi connectivity index (χ3v) is 3.91. The van der Waals surface area contributed by atoms with Crippen LogP contribution in [0.3, 0.4) is 0 Å². The molecule has 0 saturated heterocycles. The van der Waals surface area contributed by atoms with Gasteiger partial charge in [0.25, 0.3) is 11.5 Å². The van der Waals surface area contributed by atoms with E-state index in [1.807, 2.05) is 6.92 Å². The molecule has 0 saturated carbocycles. The lowest BCUT2D eigenvalue weighted by Gasteiger charge is -2.13. The number of carbonyl (C=O) groups excluding carboxylic acids is 1. The lowest BCUT2D eigenvalue weighted by atomic mass is 10.0. The highest BCUT2D eigenvalue weighted by Gasteiger charge is 2.14. The molecule has 1 unspecified atom stereocenters. The third kappa shape index (κ3) is 5.41. The zero-order chi connectivity index (χ0) is 17.5. The fourth-order valence-electron chi connectivity index (χ4n) is 2.54. The highest BCUT2D eigenvalue weighted by molar-refractivity contribution is 5.91. The Morgan fingerprint density at radius 1 is 1.17 bits per heavy atom. The van der Waals surface area contributed by atoms with Crippen LogP contribution in [-0.2, 0) is 6.54 Å². The molecular weight excluding hydrogens is 304 g/mol. The van der Waals surface area contributed by atoms with Gasteiger partial charge in [0.2, 0.25) is 0 Å². The monoisotopic (exact) mass is 330 g/mol. The first kappa shape index (κ1) is 18.0. The van der Waals surface area contributed by atoms with Crippen LogP contribution in [0.2, 0.25) is 0 Å². The van der Waals surface area contributed by atoms with Gasteiger partial charge in [0.15, 0.2) is 5.76 Å². The molecule has 0 spiro atoms. The van der Waals surface area contributed by atoms with Crippen molar-refractivity contribution in [1.29, 1.82) is 0 Å². The van der Waals surface area contributed by atoms with Crippen LogP contribution < -0.4 is 10.9 Å². The smallest absolute Gasteiger partial charge is 0.287 e. The number of nitrogens with zero attached hydrogens (tertiary/aromatic N) is 1. The summed E-state index contributed by atoms with van der Waals surface area (Å²) in [5.41, 5.74) is -0.0984. The fourth-order valence-corrected chi connectivity index (χ4v) is 2.54. The first-order valence-electron chi connectivity index (χ1n) is 8.50. The van der Waals surface area contributed by atoms with E-state index in [0.29, 0.717) is 18.2 Å². The molecule has 1 amide bonds. The van der Waals surface area contributed by atoms with Crippen molar-refractivity contribution in [3.63, 3.8) is 0 Å². The van der Waals surface area contributed by atoms with E-state index < -0.39 is 0 Å². The van der Waals surface area contributed by atoms with Crippen molar-refractivity contribution >= 4 is 5.91 Å². The summed E-state index contributed by atoms with van der Waals surface area (Å²) in [7, 11) is 0. The number of carbonyl (C=O) groups is 1. The molecule has 0 radical (unpaired) electrons. The molecule has 0 bridgehead atoms. The number of hydrogen-bond acceptors (Lipinski definition) is 3. The van der Waals surface area contributed by atoms with Gasteiger partial charge in [0.1, 0.15) is 5.76 Å². The normalized spacial score (nSPS) is 12.3. The first-order valence-corrected chi connectivity index (χ1v) is 8.50. The number of rotatable bonds is 8. The number of pyridine rings is 1. The molecule has 5 heteroatoms. The lowest BCUT2D eigenvalue weighted by Crippen LogP contribution is -2.32. The number of aromatic nitrogens is 1. The van der Waals surface area contributed by atoms with E-state index >= 15 is 0 Å². The Morgan fingerprint density at radius 2 is 1.96 bits per heavy atom. The average Bonchev–Trinajstić information content (AvgIpc) is 2.98. The number of hydrogen-bond donors (Lipinski definition) is 1. The van der Waals surface area contributed by atoms with E-state index in [-0.39, 0.29) is 23.3 Å². The number of furan rings is 1. The zero-order valence-electron chi connectivity index (χ0n) is 14.6.